The summed E-state index contributed by atoms with van der Waals surface area (Å²) in [5.41, 5.74) is 4.96. The number of rotatable bonds is 5. The predicted octanol–water partition coefficient (Wildman–Crippen LogP) is -0.101. The molecule has 0 aromatic rings. The van der Waals surface area contributed by atoms with Gasteiger partial charge in [-0.05, 0) is 32.2 Å². The van der Waals surface area contributed by atoms with E-state index in [1.54, 1.807) is 0 Å². The quantitative estimate of drug-likeness (QED) is 0.687. The molecule has 2 aliphatic rings. The van der Waals surface area contributed by atoms with Crippen molar-refractivity contribution in [3.05, 3.63) is 0 Å². The number of hydrogen-bond acceptors (Lipinski definition) is 4. The van der Waals surface area contributed by atoms with Crippen molar-refractivity contribution < 1.29 is 14.6 Å². The first kappa shape index (κ1) is 11.8. The third kappa shape index (κ3) is 2.21. The van der Waals surface area contributed by atoms with E-state index >= 15 is 0 Å². The van der Waals surface area contributed by atoms with Crippen molar-refractivity contribution in [2.75, 3.05) is 26.8 Å². The highest BCUT2D eigenvalue weighted by Gasteiger charge is 2.49. The van der Waals surface area contributed by atoms with Gasteiger partial charge in [-0.1, -0.05) is 0 Å². The van der Waals surface area contributed by atoms with Crippen molar-refractivity contribution in [1.82, 2.24) is 4.90 Å². The van der Waals surface area contributed by atoms with E-state index in [0.717, 1.165) is 25.9 Å². The highest BCUT2D eigenvalue weighted by Crippen LogP contribution is 2.39. The zero-order chi connectivity index (χ0) is 11.8. The molecule has 1 aliphatic carbocycles. The third-order valence-corrected chi connectivity index (χ3v) is 3.74. The molecule has 0 spiro atoms. The summed E-state index contributed by atoms with van der Waals surface area (Å²) in [6.45, 7) is 1.88. The maximum Gasteiger partial charge on any atom is 0.325 e. The molecule has 0 bridgehead atoms. The number of hydrogen-bond donors (Lipinski definition) is 2. The number of carboxylic acids is 1. The molecule has 1 heterocycles. The molecule has 3 N–H and O–H groups in total. The van der Waals surface area contributed by atoms with Gasteiger partial charge in [0.1, 0.15) is 5.54 Å². The number of aliphatic carboxylic acids is 1. The smallest absolute Gasteiger partial charge is 0.325 e. The highest BCUT2D eigenvalue weighted by atomic mass is 16.5. The van der Waals surface area contributed by atoms with Gasteiger partial charge in [-0.2, -0.15) is 0 Å². The standard InChI is InChI=1S/C11H20N2O3/c1-13(9-4-5-16-6-9)7-11(12,10(14)15)8-2-3-8/h8-9H,2-7,12H2,1H3,(H,14,15). The Labute approximate surface area is 95.5 Å². The van der Waals surface area contributed by atoms with Crippen LogP contribution < -0.4 is 5.73 Å². The summed E-state index contributed by atoms with van der Waals surface area (Å²) in [4.78, 5) is 13.3. The van der Waals surface area contributed by atoms with Gasteiger partial charge in [0.15, 0.2) is 0 Å². The van der Waals surface area contributed by atoms with Gasteiger partial charge in [0.05, 0.1) is 6.61 Å². The molecule has 16 heavy (non-hydrogen) atoms. The van der Waals surface area contributed by atoms with Gasteiger partial charge in [0.2, 0.25) is 0 Å². The Bertz CT molecular complexity index is 274. The maximum atomic E-state index is 11.3. The first-order valence-corrected chi connectivity index (χ1v) is 5.84. The molecule has 1 saturated heterocycles. The van der Waals surface area contributed by atoms with Crippen LogP contribution in [-0.4, -0.2) is 54.4 Å². The Morgan fingerprint density at radius 2 is 2.25 bits per heavy atom. The fraction of sp³-hybridized carbons (Fsp3) is 0.909. The SMILES string of the molecule is CN(CC(N)(C(=O)O)C1CC1)C1CCOC1. The van der Waals surface area contributed by atoms with Crippen molar-refractivity contribution in [2.24, 2.45) is 11.7 Å². The fourth-order valence-corrected chi connectivity index (χ4v) is 2.38. The molecule has 5 heteroatoms. The molecular weight excluding hydrogens is 208 g/mol. The molecule has 2 atom stereocenters. The summed E-state index contributed by atoms with van der Waals surface area (Å²) in [5.74, 6) is -0.726. The zero-order valence-electron chi connectivity index (χ0n) is 9.69. The van der Waals surface area contributed by atoms with E-state index in [2.05, 4.69) is 0 Å². The van der Waals surface area contributed by atoms with Crippen LogP contribution in [0.1, 0.15) is 19.3 Å². The minimum atomic E-state index is -1.07. The van der Waals surface area contributed by atoms with Gasteiger partial charge in [0, 0.05) is 19.2 Å². The van der Waals surface area contributed by atoms with Gasteiger partial charge in [-0.25, -0.2) is 0 Å². The summed E-state index contributed by atoms with van der Waals surface area (Å²) < 4.78 is 5.30. The minimum Gasteiger partial charge on any atom is -0.480 e. The summed E-state index contributed by atoms with van der Waals surface area (Å²) in [5, 5.41) is 9.25. The largest absolute Gasteiger partial charge is 0.480 e. The average molecular weight is 228 g/mol. The number of nitrogens with zero attached hydrogens (tertiary/aromatic N) is 1. The number of carboxylic acid groups (broad SMARTS) is 1. The molecule has 0 aromatic heterocycles. The van der Waals surface area contributed by atoms with Gasteiger partial charge in [-0.15, -0.1) is 0 Å². The molecule has 2 fully saturated rings. The lowest BCUT2D eigenvalue weighted by atomic mass is 9.93. The van der Waals surface area contributed by atoms with Crippen LogP contribution in [0.5, 0.6) is 0 Å². The minimum absolute atomic E-state index is 0.148. The van der Waals surface area contributed by atoms with Crippen LogP contribution in [0.3, 0.4) is 0 Å². The first-order chi connectivity index (χ1) is 7.54. The van der Waals surface area contributed by atoms with Crippen LogP contribution in [0.4, 0.5) is 0 Å². The van der Waals surface area contributed by atoms with Crippen molar-refractivity contribution in [3.63, 3.8) is 0 Å². The Morgan fingerprint density at radius 1 is 1.56 bits per heavy atom. The summed E-state index contributed by atoms with van der Waals surface area (Å²) in [6, 6.07) is 0.320. The monoisotopic (exact) mass is 228 g/mol. The lowest BCUT2D eigenvalue weighted by Crippen LogP contribution is -2.58. The van der Waals surface area contributed by atoms with Crippen LogP contribution >= 0.6 is 0 Å². The Morgan fingerprint density at radius 3 is 2.69 bits per heavy atom. The van der Waals surface area contributed by atoms with Crippen molar-refractivity contribution >= 4 is 5.97 Å². The van der Waals surface area contributed by atoms with E-state index in [4.69, 9.17) is 10.5 Å². The molecule has 0 radical (unpaired) electrons. The predicted molar refractivity (Wildman–Crippen MR) is 59.1 cm³/mol. The van der Waals surface area contributed by atoms with E-state index in [9.17, 15) is 9.90 Å². The molecule has 1 aliphatic heterocycles. The number of ether oxygens (including phenoxy) is 1. The summed E-state index contributed by atoms with van der Waals surface area (Å²) in [7, 11) is 1.94. The van der Waals surface area contributed by atoms with Crippen LogP contribution in [-0.2, 0) is 9.53 Å². The van der Waals surface area contributed by atoms with E-state index in [-0.39, 0.29) is 5.92 Å². The van der Waals surface area contributed by atoms with Crippen molar-refractivity contribution in [1.29, 1.82) is 0 Å². The zero-order valence-corrected chi connectivity index (χ0v) is 9.69. The van der Waals surface area contributed by atoms with Gasteiger partial charge >= 0.3 is 5.97 Å². The number of carbonyl (C=O) groups is 1. The molecule has 92 valence electrons. The van der Waals surface area contributed by atoms with E-state index in [1.807, 2.05) is 11.9 Å². The fourth-order valence-electron chi connectivity index (χ4n) is 2.38. The average Bonchev–Trinajstić information content (AvgIpc) is 2.94. The topological polar surface area (TPSA) is 75.8 Å². The molecular formula is C11H20N2O3. The lowest BCUT2D eigenvalue weighted by molar-refractivity contribution is -0.145. The molecule has 2 rings (SSSR count). The molecule has 2 unspecified atom stereocenters. The highest BCUT2D eigenvalue weighted by molar-refractivity contribution is 5.79. The van der Waals surface area contributed by atoms with Crippen molar-refractivity contribution in [3.8, 4) is 0 Å². The Hall–Kier alpha value is -0.650. The Balaban J connectivity index is 1.97. The Kier molecular flexibility index (Phi) is 3.19. The van der Waals surface area contributed by atoms with Crippen molar-refractivity contribution in [2.45, 2.75) is 30.8 Å². The second kappa shape index (κ2) is 4.31. The van der Waals surface area contributed by atoms with Gasteiger partial charge < -0.3 is 15.6 Å². The molecule has 0 aromatic carbocycles. The van der Waals surface area contributed by atoms with Crippen LogP contribution in [0, 0.1) is 5.92 Å². The number of likely N-dealkylation sites (N-methyl/N-ethyl adjacent to an activating group) is 1. The summed E-state index contributed by atoms with van der Waals surface area (Å²) >= 11 is 0. The summed E-state index contributed by atoms with van der Waals surface area (Å²) in [6.07, 6.45) is 2.85. The number of nitrogens with two attached hydrogens (primary N) is 1. The second-order valence-electron chi connectivity index (χ2n) is 5.05. The molecule has 0 amide bonds. The maximum absolute atomic E-state index is 11.3. The van der Waals surface area contributed by atoms with Gasteiger partial charge in [0.25, 0.3) is 0 Å². The van der Waals surface area contributed by atoms with Crippen LogP contribution in [0.15, 0.2) is 0 Å². The second-order valence-corrected chi connectivity index (χ2v) is 5.05. The molecule has 5 nitrogen and oxygen atoms in total. The van der Waals surface area contributed by atoms with E-state index < -0.39 is 11.5 Å². The van der Waals surface area contributed by atoms with Crippen LogP contribution in [0.25, 0.3) is 0 Å². The normalized spacial score (nSPS) is 29.3. The molecule has 1 saturated carbocycles. The van der Waals surface area contributed by atoms with E-state index in [0.29, 0.717) is 19.2 Å². The van der Waals surface area contributed by atoms with Gasteiger partial charge in [-0.3, -0.25) is 9.69 Å². The van der Waals surface area contributed by atoms with Crippen LogP contribution in [0.2, 0.25) is 0 Å². The lowest BCUT2D eigenvalue weighted by Gasteiger charge is -2.32. The first-order valence-electron chi connectivity index (χ1n) is 5.84. The third-order valence-electron chi connectivity index (χ3n) is 3.74. The van der Waals surface area contributed by atoms with E-state index in [1.165, 1.54) is 0 Å².